The highest BCUT2D eigenvalue weighted by Gasteiger charge is 2.17. The Kier molecular flexibility index (Phi) is 6.37. The van der Waals surface area contributed by atoms with Gasteiger partial charge in [0.2, 0.25) is 0 Å². The number of ketones is 1. The maximum Gasteiger partial charge on any atom is 0.169 e. The van der Waals surface area contributed by atoms with E-state index in [1.165, 1.54) is 0 Å². The lowest BCUT2D eigenvalue weighted by Crippen LogP contribution is -2.44. The molecule has 8 nitrogen and oxygen atoms in total. The lowest BCUT2D eigenvalue weighted by molar-refractivity contribution is 0.0992. The van der Waals surface area contributed by atoms with Crippen LogP contribution in [0.15, 0.2) is 61.3 Å². The third-order valence-electron chi connectivity index (χ3n) is 6.43. The maximum atomic E-state index is 13.1. The number of rotatable bonds is 6. The average Bonchev–Trinajstić information content (AvgIpc) is 2.89. The number of Topliss-reactive ketones (excluding diaryl/α,β-unsaturated/α-hetero) is 1. The summed E-state index contributed by atoms with van der Waals surface area (Å²) in [6.45, 7) is 3.81. The molecule has 5 heterocycles. The Hall–Kier alpha value is -3.91. The largest absolute Gasteiger partial charge is 0.376 e. The first-order chi connectivity index (χ1) is 17.0. The van der Waals surface area contributed by atoms with Crippen LogP contribution in [-0.4, -0.2) is 77.9 Å². The van der Waals surface area contributed by atoms with Gasteiger partial charge in [0.25, 0.3) is 0 Å². The van der Waals surface area contributed by atoms with E-state index < -0.39 is 0 Å². The molecule has 35 heavy (non-hydrogen) atoms. The molecule has 1 saturated heterocycles. The Morgan fingerprint density at radius 2 is 1.71 bits per heavy atom. The van der Waals surface area contributed by atoms with E-state index in [2.05, 4.69) is 42.8 Å². The summed E-state index contributed by atoms with van der Waals surface area (Å²) >= 11 is 0. The van der Waals surface area contributed by atoms with E-state index in [0.29, 0.717) is 5.56 Å². The van der Waals surface area contributed by atoms with Crippen LogP contribution in [0.3, 0.4) is 0 Å². The molecule has 4 aromatic rings. The van der Waals surface area contributed by atoms with Crippen LogP contribution in [0, 0.1) is 0 Å². The number of carbonyl (C=O) groups is 1. The molecule has 0 saturated carbocycles. The van der Waals surface area contributed by atoms with Gasteiger partial charge in [0, 0.05) is 87.3 Å². The van der Waals surface area contributed by atoms with Gasteiger partial charge in [-0.2, -0.15) is 0 Å². The minimum atomic E-state index is 0.0341. The zero-order chi connectivity index (χ0) is 24.4. The van der Waals surface area contributed by atoms with Gasteiger partial charge in [0.05, 0.1) is 24.0 Å². The summed E-state index contributed by atoms with van der Waals surface area (Å²) in [4.78, 5) is 37.6. The molecule has 0 aliphatic carbocycles. The SMILES string of the molecule is CN1CCN(c2cc(C(=O)Cc3cc4cc(-c5cncc(N(C)C)c5)ncc4cn3)ccn2)CC1. The number of piperazine rings is 1. The predicted octanol–water partition coefficient (Wildman–Crippen LogP) is 3.33. The van der Waals surface area contributed by atoms with Crippen LogP contribution in [0.2, 0.25) is 0 Å². The van der Waals surface area contributed by atoms with Crippen molar-refractivity contribution in [1.82, 2.24) is 24.8 Å². The van der Waals surface area contributed by atoms with Gasteiger partial charge >= 0.3 is 0 Å². The molecule has 1 fully saturated rings. The second-order valence-electron chi connectivity index (χ2n) is 9.21. The molecule has 1 aliphatic heterocycles. The van der Waals surface area contributed by atoms with Crippen molar-refractivity contribution in [2.24, 2.45) is 0 Å². The van der Waals surface area contributed by atoms with Crippen molar-refractivity contribution in [2.45, 2.75) is 6.42 Å². The van der Waals surface area contributed by atoms with Gasteiger partial charge in [-0.3, -0.25) is 19.7 Å². The quantitative estimate of drug-likeness (QED) is 0.400. The van der Waals surface area contributed by atoms with Crippen LogP contribution < -0.4 is 9.80 Å². The van der Waals surface area contributed by atoms with Crippen LogP contribution in [0.4, 0.5) is 11.5 Å². The van der Waals surface area contributed by atoms with Gasteiger partial charge in [-0.25, -0.2) is 4.98 Å². The molecule has 0 radical (unpaired) electrons. The Bertz CT molecular complexity index is 1360. The number of hydrogen-bond donors (Lipinski definition) is 0. The van der Waals surface area contributed by atoms with Gasteiger partial charge in [0.1, 0.15) is 5.82 Å². The molecule has 0 N–H and O–H groups in total. The Morgan fingerprint density at radius 1 is 0.914 bits per heavy atom. The second-order valence-corrected chi connectivity index (χ2v) is 9.21. The fourth-order valence-corrected chi connectivity index (χ4v) is 4.22. The molecule has 0 amide bonds. The molecule has 8 heteroatoms. The molecule has 0 aromatic carbocycles. The highest BCUT2D eigenvalue weighted by molar-refractivity contribution is 5.98. The van der Waals surface area contributed by atoms with Crippen molar-refractivity contribution in [3.63, 3.8) is 0 Å². The van der Waals surface area contributed by atoms with E-state index >= 15 is 0 Å². The van der Waals surface area contributed by atoms with E-state index in [0.717, 1.165) is 65.4 Å². The minimum absolute atomic E-state index is 0.0341. The monoisotopic (exact) mass is 467 g/mol. The van der Waals surface area contributed by atoms with E-state index in [4.69, 9.17) is 0 Å². The number of likely N-dealkylation sites (N-methyl/N-ethyl adjacent to an activating group) is 1. The van der Waals surface area contributed by atoms with Gasteiger partial charge < -0.3 is 14.7 Å². The van der Waals surface area contributed by atoms with E-state index in [-0.39, 0.29) is 12.2 Å². The normalized spacial score (nSPS) is 14.3. The van der Waals surface area contributed by atoms with Gasteiger partial charge in [-0.05, 0) is 42.8 Å². The van der Waals surface area contributed by atoms with Crippen molar-refractivity contribution in [3.05, 3.63) is 72.6 Å². The van der Waals surface area contributed by atoms with Crippen molar-refractivity contribution in [2.75, 3.05) is 57.1 Å². The molecule has 0 bridgehead atoms. The molecule has 178 valence electrons. The van der Waals surface area contributed by atoms with Crippen LogP contribution in [0.5, 0.6) is 0 Å². The number of fused-ring (bicyclic) bond motifs is 1. The fraction of sp³-hybridized carbons (Fsp3) is 0.296. The summed E-state index contributed by atoms with van der Waals surface area (Å²) in [5, 5.41) is 1.93. The van der Waals surface area contributed by atoms with Crippen LogP contribution in [0.1, 0.15) is 16.1 Å². The van der Waals surface area contributed by atoms with Crippen molar-refractivity contribution in [1.29, 1.82) is 0 Å². The molecule has 0 unspecified atom stereocenters. The number of anilines is 2. The number of hydrogen-bond acceptors (Lipinski definition) is 8. The van der Waals surface area contributed by atoms with Crippen LogP contribution in [-0.2, 0) is 6.42 Å². The average molecular weight is 468 g/mol. The number of pyridine rings is 4. The van der Waals surface area contributed by atoms with Crippen LogP contribution >= 0.6 is 0 Å². The Labute approximate surface area is 205 Å². The lowest BCUT2D eigenvalue weighted by atomic mass is 10.0. The van der Waals surface area contributed by atoms with Gasteiger partial charge in [-0.1, -0.05) is 0 Å². The number of nitrogens with zero attached hydrogens (tertiary/aromatic N) is 7. The first-order valence-electron chi connectivity index (χ1n) is 11.8. The van der Waals surface area contributed by atoms with E-state index in [1.54, 1.807) is 18.5 Å². The second kappa shape index (κ2) is 9.76. The summed E-state index contributed by atoms with van der Waals surface area (Å²) in [5.74, 6) is 0.895. The van der Waals surface area contributed by atoms with E-state index in [1.807, 2.05) is 55.8 Å². The first-order valence-corrected chi connectivity index (χ1v) is 11.8. The summed E-state index contributed by atoms with van der Waals surface area (Å²) in [6.07, 6.45) is 9.20. The molecule has 0 spiro atoms. The standard InChI is InChI=1S/C27H29N7O/c1-32(2)24-11-21(15-28-18-24)25-12-20-10-23(30-16-22(20)17-31-25)14-26(35)19-4-5-29-27(13-19)34-8-6-33(3)7-9-34/h4-5,10-13,15-18H,6-9,14H2,1-3H3. The molecule has 1 aliphatic rings. The van der Waals surface area contributed by atoms with Crippen LogP contribution in [0.25, 0.3) is 22.0 Å². The maximum absolute atomic E-state index is 13.1. The zero-order valence-corrected chi connectivity index (χ0v) is 20.3. The Balaban J connectivity index is 1.36. The number of carbonyl (C=O) groups excluding carboxylic acids is 1. The summed E-state index contributed by atoms with van der Waals surface area (Å²) in [5.41, 5.74) is 4.19. The van der Waals surface area contributed by atoms with Gasteiger partial charge in [0.15, 0.2) is 5.78 Å². The molecule has 5 rings (SSSR count). The third-order valence-corrected chi connectivity index (χ3v) is 6.43. The highest BCUT2D eigenvalue weighted by Crippen LogP contribution is 2.25. The van der Waals surface area contributed by atoms with Crippen molar-refractivity contribution < 1.29 is 4.79 Å². The van der Waals surface area contributed by atoms with Gasteiger partial charge in [-0.15, -0.1) is 0 Å². The number of aromatic nitrogens is 4. The molecular weight excluding hydrogens is 438 g/mol. The minimum Gasteiger partial charge on any atom is -0.376 e. The smallest absolute Gasteiger partial charge is 0.169 e. The Morgan fingerprint density at radius 3 is 2.51 bits per heavy atom. The zero-order valence-electron chi connectivity index (χ0n) is 20.3. The van der Waals surface area contributed by atoms with E-state index in [9.17, 15) is 4.79 Å². The third kappa shape index (κ3) is 5.12. The highest BCUT2D eigenvalue weighted by atomic mass is 16.1. The summed E-state index contributed by atoms with van der Waals surface area (Å²) in [6, 6.07) is 9.76. The molecule has 0 atom stereocenters. The van der Waals surface area contributed by atoms with Crippen molar-refractivity contribution in [3.8, 4) is 11.3 Å². The topological polar surface area (TPSA) is 78.4 Å². The van der Waals surface area contributed by atoms with Crippen molar-refractivity contribution >= 4 is 28.1 Å². The molecular formula is C27H29N7O. The predicted molar refractivity (Wildman–Crippen MR) is 139 cm³/mol. The first kappa shape index (κ1) is 22.9. The fourth-order valence-electron chi connectivity index (χ4n) is 4.22. The summed E-state index contributed by atoms with van der Waals surface area (Å²) < 4.78 is 0. The molecule has 4 aromatic heterocycles. The lowest BCUT2D eigenvalue weighted by Gasteiger charge is -2.33. The summed E-state index contributed by atoms with van der Waals surface area (Å²) in [7, 11) is 6.10.